The van der Waals surface area contributed by atoms with Gasteiger partial charge in [0.2, 0.25) is 11.8 Å². The molecule has 0 radical (unpaired) electrons. The number of hydrogen-bond donors (Lipinski definition) is 0. The number of carbonyl (C=O) groups is 1. The number of hydrogen-bond acceptors (Lipinski definition) is 8. The molecule has 0 amide bonds. The molecule has 3 rings (SSSR count). The highest BCUT2D eigenvalue weighted by molar-refractivity contribution is 7.99. The maximum atomic E-state index is 12.8. The molecule has 0 aliphatic rings. The maximum Gasteiger partial charge on any atom is 0.368 e. The number of benzene rings is 2. The van der Waals surface area contributed by atoms with Crippen LogP contribution in [0.2, 0.25) is 5.02 Å². The van der Waals surface area contributed by atoms with E-state index < -0.39 is 5.97 Å². The van der Waals surface area contributed by atoms with E-state index in [-0.39, 0.29) is 10.6 Å². The van der Waals surface area contributed by atoms with Crippen molar-refractivity contribution in [3.63, 3.8) is 0 Å². The number of methoxy groups -OCH3 is 2. The van der Waals surface area contributed by atoms with Gasteiger partial charge in [-0.2, -0.15) is 9.97 Å². The molecule has 0 aliphatic carbocycles. The number of aryl methyl sites for hydroxylation is 1. The molecule has 1 heterocycles. The van der Waals surface area contributed by atoms with Gasteiger partial charge in [0.15, 0.2) is 5.16 Å². The quantitative estimate of drug-likeness (QED) is 0.209. The zero-order valence-electron chi connectivity index (χ0n) is 17.4. The average Bonchev–Trinajstić information content (AvgIpc) is 2.77. The lowest BCUT2D eigenvalue weighted by atomic mass is 10.1. The van der Waals surface area contributed by atoms with Crippen molar-refractivity contribution in [1.29, 1.82) is 0 Å². The number of rotatable bonds is 7. The first-order valence-corrected chi connectivity index (χ1v) is 10.4. The van der Waals surface area contributed by atoms with Crippen molar-refractivity contribution in [2.24, 2.45) is 5.16 Å². The number of carbonyl (C=O) groups excluding carboxylic acids is 1. The van der Waals surface area contributed by atoms with E-state index in [2.05, 4.69) is 15.1 Å². The Bertz CT molecular complexity index is 1100. The summed E-state index contributed by atoms with van der Waals surface area (Å²) >= 11 is 7.44. The van der Waals surface area contributed by atoms with Crippen LogP contribution in [0.1, 0.15) is 28.4 Å². The Morgan fingerprint density at radius 3 is 2.29 bits per heavy atom. The minimum atomic E-state index is -0.686. The molecule has 31 heavy (non-hydrogen) atoms. The van der Waals surface area contributed by atoms with Crippen LogP contribution in [0.5, 0.6) is 11.8 Å². The second kappa shape index (κ2) is 10.3. The third-order valence-corrected chi connectivity index (χ3v) is 5.43. The van der Waals surface area contributed by atoms with E-state index in [4.69, 9.17) is 25.9 Å². The Morgan fingerprint density at radius 2 is 1.68 bits per heavy atom. The topological polar surface area (TPSA) is 82.9 Å². The molecule has 160 valence electrons. The van der Waals surface area contributed by atoms with Gasteiger partial charge in [-0.3, -0.25) is 0 Å². The molecule has 7 nitrogen and oxygen atoms in total. The van der Waals surface area contributed by atoms with Gasteiger partial charge in [-0.05, 0) is 43.3 Å². The lowest BCUT2D eigenvalue weighted by Gasteiger charge is -2.10. The Morgan fingerprint density at radius 1 is 1.03 bits per heavy atom. The summed E-state index contributed by atoms with van der Waals surface area (Å²) in [4.78, 5) is 27.0. The van der Waals surface area contributed by atoms with Gasteiger partial charge in [0.05, 0.1) is 36.6 Å². The van der Waals surface area contributed by atoms with Crippen LogP contribution in [-0.2, 0) is 4.84 Å². The highest BCUT2D eigenvalue weighted by Crippen LogP contribution is 2.34. The SMILES string of the molecule is COc1cc(OC)nc(Sc2cccc(Cl)c2C(=O)O/N=C(\C)c2ccc(C)cc2)n1. The predicted molar refractivity (Wildman–Crippen MR) is 120 cm³/mol. The minimum Gasteiger partial charge on any atom is -0.481 e. The van der Waals surface area contributed by atoms with E-state index in [9.17, 15) is 4.79 Å². The third kappa shape index (κ3) is 5.74. The number of halogens is 1. The number of aromatic nitrogens is 2. The molecule has 0 aliphatic heterocycles. The zero-order chi connectivity index (χ0) is 22.4. The summed E-state index contributed by atoms with van der Waals surface area (Å²) in [6, 6.07) is 14.3. The van der Waals surface area contributed by atoms with Crippen molar-refractivity contribution in [2.45, 2.75) is 23.9 Å². The summed E-state index contributed by atoms with van der Waals surface area (Å²) in [5.74, 6) is -0.0212. The van der Waals surface area contributed by atoms with Crippen LogP contribution in [0, 0.1) is 6.92 Å². The standard InChI is InChI=1S/C22H20ClN3O4S/c1-13-8-10-15(11-9-13)14(2)26-30-21(27)20-16(23)6-5-7-17(20)31-22-24-18(28-3)12-19(25-22)29-4/h5-12H,1-4H3/b26-14+. The Balaban J connectivity index is 1.86. The van der Waals surface area contributed by atoms with Gasteiger partial charge < -0.3 is 14.3 Å². The maximum absolute atomic E-state index is 12.8. The molecule has 1 aromatic heterocycles. The molecule has 3 aromatic rings. The largest absolute Gasteiger partial charge is 0.481 e. The Hall–Kier alpha value is -3.10. The summed E-state index contributed by atoms with van der Waals surface area (Å²) in [7, 11) is 2.99. The summed E-state index contributed by atoms with van der Waals surface area (Å²) in [6.07, 6.45) is 0. The van der Waals surface area contributed by atoms with Crippen molar-refractivity contribution in [1.82, 2.24) is 9.97 Å². The van der Waals surface area contributed by atoms with Gasteiger partial charge in [0.25, 0.3) is 0 Å². The Labute approximate surface area is 189 Å². The fraction of sp³-hybridized carbons (Fsp3) is 0.182. The van der Waals surface area contributed by atoms with Crippen LogP contribution in [0.15, 0.2) is 63.7 Å². The fourth-order valence-electron chi connectivity index (χ4n) is 2.53. The van der Waals surface area contributed by atoms with Gasteiger partial charge >= 0.3 is 5.97 Å². The van der Waals surface area contributed by atoms with Crippen LogP contribution in [0.3, 0.4) is 0 Å². The Kier molecular flexibility index (Phi) is 7.49. The van der Waals surface area contributed by atoms with Gasteiger partial charge in [0.1, 0.15) is 0 Å². The monoisotopic (exact) mass is 457 g/mol. The average molecular weight is 458 g/mol. The molecular weight excluding hydrogens is 438 g/mol. The van der Waals surface area contributed by atoms with Crippen molar-refractivity contribution in [3.05, 3.63) is 70.2 Å². The first-order chi connectivity index (χ1) is 14.9. The van der Waals surface area contributed by atoms with Crippen LogP contribution in [0.4, 0.5) is 0 Å². The van der Waals surface area contributed by atoms with Gasteiger partial charge in [-0.15, -0.1) is 0 Å². The van der Waals surface area contributed by atoms with Crippen LogP contribution < -0.4 is 9.47 Å². The van der Waals surface area contributed by atoms with Gasteiger partial charge in [-0.1, -0.05) is 52.7 Å². The molecule has 2 aromatic carbocycles. The molecule has 9 heteroatoms. The zero-order valence-corrected chi connectivity index (χ0v) is 19.0. The number of oxime groups is 1. The van der Waals surface area contributed by atoms with E-state index in [1.807, 2.05) is 31.2 Å². The van der Waals surface area contributed by atoms with E-state index >= 15 is 0 Å². The lowest BCUT2D eigenvalue weighted by Crippen LogP contribution is -2.06. The molecule has 0 saturated carbocycles. The molecule has 0 unspecified atom stereocenters. The van der Waals surface area contributed by atoms with Crippen LogP contribution in [0.25, 0.3) is 0 Å². The predicted octanol–water partition coefficient (Wildman–Crippen LogP) is 5.19. The number of nitrogens with zero attached hydrogens (tertiary/aromatic N) is 3. The van der Waals surface area contributed by atoms with Crippen molar-refractivity contribution < 1.29 is 19.1 Å². The molecule has 0 N–H and O–H groups in total. The highest BCUT2D eigenvalue weighted by Gasteiger charge is 2.20. The van der Waals surface area contributed by atoms with Crippen LogP contribution in [-0.4, -0.2) is 35.9 Å². The van der Waals surface area contributed by atoms with Crippen molar-refractivity contribution in [2.75, 3.05) is 14.2 Å². The molecule has 0 spiro atoms. The minimum absolute atomic E-state index is 0.167. The molecule has 0 bridgehead atoms. The summed E-state index contributed by atoms with van der Waals surface area (Å²) in [5, 5.41) is 4.53. The summed E-state index contributed by atoms with van der Waals surface area (Å²) < 4.78 is 10.3. The summed E-state index contributed by atoms with van der Waals surface area (Å²) in [5.41, 5.74) is 2.71. The first-order valence-electron chi connectivity index (χ1n) is 9.17. The van der Waals surface area contributed by atoms with Crippen molar-refractivity contribution in [3.8, 4) is 11.8 Å². The first kappa shape index (κ1) is 22.6. The second-order valence-electron chi connectivity index (χ2n) is 6.37. The third-order valence-electron chi connectivity index (χ3n) is 4.19. The normalized spacial score (nSPS) is 11.2. The smallest absolute Gasteiger partial charge is 0.368 e. The van der Waals surface area contributed by atoms with E-state index in [0.29, 0.717) is 27.5 Å². The second-order valence-corrected chi connectivity index (χ2v) is 7.79. The highest BCUT2D eigenvalue weighted by atomic mass is 35.5. The van der Waals surface area contributed by atoms with E-state index in [1.54, 1.807) is 31.2 Å². The van der Waals surface area contributed by atoms with E-state index in [0.717, 1.165) is 22.9 Å². The van der Waals surface area contributed by atoms with Crippen LogP contribution >= 0.6 is 23.4 Å². The van der Waals surface area contributed by atoms with E-state index in [1.165, 1.54) is 14.2 Å². The van der Waals surface area contributed by atoms with Crippen molar-refractivity contribution >= 4 is 35.0 Å². The lowest BCUT2D eigenvalue weighted by molar-refractivity contribution is 0.0512. The molecule has 0 atom stereocenters. The molecule has 0 saturated heterocycles. The van der Waals surface area contributed by atoms with Gasteiger partial charge in [-0.25, -0.2) is 4.79 Å². The number of ether oxygens (including phenoxy) is 2. The fourth-order valence-corrected chi connectivity index (χ4v) is 3.74. The molecule has 0 fully saturated rings. The van der Waals surface area contributed by atoms with Gasteiger partial charge in [0, 0.05) is 4.90 Å². The molecular formula is C22H20ClN3O4S. The summed E-state index contributed by atoms with van der Waals surface area (Å²) in [6.45, 7) is 3.76.